The molecule has 1 fully saturated rings. The van der Waals surface area contributed by atoms with E-state index in [1.165, 1.54) is 0 Å². The van der Waals surface area contributed by atoms with Gasteiger partial charge in [0.2, 0.25) is 5.91 Å². The fraction of sp³-hybridized carbons (Fsp3) is 0.818. The summed E-state index contributed by atoms with van der Waals surface area (Å²) in [5, 5.41) is 19.9. The van der Waals surface area contributed by atoms with E-state index in [4.69, 9.17) is 0 Å². The van der Waals surface area contributed by atoms with Crippen LogP contribution >= 0.6 is 12.4 Å². The maximum Gasteiger partial charge on any atom is 0.223 e. The van der Waals surface area contributed by atoms with Crippen molar-refractivity contribution in [3.63, 3.8) is 0 Å². The topological polar surface area (TPSA) is 95.6 Å². The van der Waals surface area contributed by atoms with Crippen LogP contribution in [0.2, 0.25) is 0 Å². The van der Waals surface area contributed by atoms with Crippen LogP contribution in [-0.2, 0) is 11.2 Å². The molecule has 1 amide bonds. The van der Waals surface area contributed by atoms with Crippen molar-refractivity contribution >= 4 is 18.3 Å². The predicted octanol–water partition coefficient (Wildman–Crippen LogP) is 0.0600. The zero-order chi connectivity index (χ0) is 12.6. The maximum atomic E-state index is 11.9. The number of aromatic amines is 1. The Kier molecular flexibility index (Phi) is 7.35. The molecule has 0 aromatic carbocycles. The molecule has 3 N–H and O–H groups in total. The van der Waals surface area contributed by atoms with Gasteiger partial charge in [0.05, 0.1) is 0 Å². The van der Waals surface area contributed by atoms with E-state index in [9.17, 15) is 4.79 Å². The van der Waals surface area contributed by atoms with Crippen LogP contribution in [0.5, 0.6) is 0 Å². The number of nitrogens with zero attached hydrogens (tertiary/aromatic N) is 3. The molecule has 7 nitrogen and oxygen atoms in total. The Morgan fingerprint density at radius 3 is 3.05 bits per heavy atom. The van der Waals surface area contributed by atoms with Gasteiger partial charge in [0, 0.05) is 18.9 Å². The summed E-state index contributed by atoms with van der Waals surface area (Å²) in [6, 6.07) is 0. The van der Waals surface area contributed by atoms with Gasteiger partial charge in [-0.2, -0.15) is 5.21 Å². The Morgan fingerprint density at radius 2 is 2.26 bits per heavy atom. The second-order valence-corrected chi connectivity index (χ2v) is 4.60. The molecular formula is C11H21ClN6O. The average Bonchev–Trinajstić information content (AvgIpc) is 2.74. The Balaban J connectivity index is 0.00000180. The number of tetrazole rings is 1. The van der Waals surface area contributed by atoms with Crippen LogP contribution < -0.4 is 10.6 Å². The van der Waals surface area contributed by atoms with Crippen LogP contribution in [0, 0.1) is 5.92 Å². The fourth-order valence-corrected chi connectivity index (χ4v) is 2.17. The lowest BCUT2D eigenvalue weighted by atomic mass is 10.00. The van der Waals surface area contributed by atoms with Gasteiger partial charge in [-0.1, -0.05) is 5.21 Å². The van der Waals surface area contributed by atoms with Gasteiger partial charge in [-0.05, 0) is 38.8 Å². The molecule has 2 rings (SSSR count). The first-order chi connectivity index (χ1) is 8.86. The monoisotopic (exact) mass is 288 g/mol. The molecule has 8 heteroatoms. The predicted molar refractivity (Wildman–Crippen MR) is 73.0 cm³/mol. The number of H-pyrrole nitrogens is 1. The van der Waals surface area contributed by atoms with Gasteiger partial charge >= 0.3 is 0 Å². The molecule has 0 spiro atoms. The molecule has 0 saturated carbocycles. The van der Waals surface area contributed by atoms with E-state index < -0.39 is 0 Å². The van der Waals surface area contributed by atoms with E-state index in [1.807, 2.05) is 0 Å². The van der Waals surface area contributed by atoms with Gasteiger partial charge in [-0.15, -0.1) is 22.6 Å². The minimum Gasteiger partial charge on any atom is -0.356 e. The highest BCUT2D eigenvalue weighted by atomic mass is 35.5. The standard InChI is InChI=1S/C11H20N6O.ClH/c18-11(9-3-1-6-12-8-5-9)13-7-2-4-10-14-16-17-15-10;/h9,12H,1-8H2,(H,13,18)(H,14,15,16,17);1H. The molecule has 2 heterocycles. The highest BCUT2D eigenvalue weighted by Gasteiger charge is 2.19. The van der Waals surface area contributed by atoms with E-state index in [1.54, 1.807) is 0 Å². The number of hydrogen-bond acceptors (Lipinski definition) is 5. The highest BCUT2D eigenvalue weighted by Crippen LogP contribution is 2.13. The number of carbonyl (C=O) groups is 1. The molecule has 0 bridgehead atoms. The van der Waals surface area contributed by atoms with Crippen LogP contribution in [0.15, 0.2) is 0 Å². The van der Waals surface area contributed by atoms with Gasteiger partial charge < -0.3 is 10.6 Å². The van der Waals surface area contributed by atoms with Crippen LogP contribution in [-0.4, -0.2) is 46.2 Å². The van der Waals surface area contributed by atoms with Crippen molar-refractivity contribution in [1.29, 1.82) is 0 Å². The third kappa shape index (κ3) is 5.52. The first kappa shape index (κ1) is 15.8. The minimum atomic E-state index is 0. The fourth-order valence-electron chi connectivity index (χ4n) is 2.17. The minimum absolute atomic E-state index is 0. The number of hydrogen-bond donors (Lipinski definition) is 3. The van der Waals surface area contributed by atoms with Crippen molar-refractivity contribution in [3.8, 4) is 0 Å². The van der Waals surface area contributed by atoms with Gasteiger partial charge in [0.25, 0.3) is 0 Å². The zero-order valence-electron chi connectivity index (χ0n) is 10.9. The summed E-state index contributed by atoms with van der Waals surface area (Å²) in [7, 11) is 0. The SMILES string of the molecule is Cl.O=C(NCCCc1nn[nH]n1)C1CCCNCC1. The number of aryl methyl sites for hydroxylation is 1. The van der Waals surface area contributed by atoms with Crippen LogP contribution in [0.1, 0.15) is 31.5 Å². The number of carbonyl (C=O) groups excluding carboxylic acids is 1. The molecule has 1 aliphatic rings. The molecule has 1 aromatic rings. The normalized spacial score (nSPS) is 19.3. The quantitative estimate of drug-likeness (QED) is 0.666. The van der Waals surface area contributed by atoms with E-state index in [0.29, 0.717) is 12.4 Å². The molecule has 1 aromatic heterocycles. The Bertz CT molecular complexity index is 350. The molecule has 0 aliphatic carbocycles. The van der Waals surface area contributed by atoms with Crippen LogP contribution in [0.3, 0.4) is 0 Å². The van der Waals surface area contributed by atoms with E-state index in [-0.39, 0.29) is 24.2 Å². The Morgan fingerprint density at radius 1 is 1.37 bits per heavy atom. The van der Waals surface area contributed by atoms with Crippen molar-refractivity contribution in [2.45, 2.75) is 32.1 Å². The van der Waals surface area contributed by atoms with Gasteiger partial charge in [-0.3, -0.25) is 4.79 Å². The lowest BCUT2D eigenvalue weighted by Gasteiger charge is -2.13. The number of halogens is 1. The third-order valence-corrected chi connectivity index (χ3v) is 3.21. The first-order valence-electron chi connectivity index (χ1n) is 6.57. The summed E-state index contributed by atoms with van der Waals surface area (Å²) >= 11 is 0. The second kappa shape index (κ2) is 8.82. The van der Waals surface area contributed by atoms with Crippen molar-refractivity contribution < 1.29 is 4.79 Å². The van der Waals surface area contributed by atoms with Crippen molar-refractivity contribution in [2.75, 3.05) is 19.6 Å². The lowest BCUT2D eigenvalue weighted by molar-refractivity contribution is -0.125. The average molecular weight is 289 g/mol. The van der Waals surface area contributed by atoms with E-state index in [2.05, 4.69) is 31.3 Å². The van der Waals surface area contributed by atoms with E-state index >= 15 is 0 Å². The van der Waals surface area contributed by atoms with Gasteiger partial charge in [0.15, 0.2) is 5.82 Å². The molecule has 1 aliphatic heterocycles. The maximum absolute atomic E-state index is 11.9. The number of nitrogens with one attached hydrogen (secondary N) is 3. The molecule has 1 atom stereocenters. The summed E-state index contributed by atoms with van der Waals surface area (Å²) in [4.78, 5) is 11.9. The van der Waals surface area contributed by atoms with Crippen LogP contribution in [0.4, 0.5) is 0 Å². The lowest BCUT2D eigenvalue weighted by Crippen LogP contribution is -2.32. The second-order valence-electron chi connectivity index (χ2n) is 4.60. The number of rotatable bonds is 5. The van der Waals surface area contributed by atoms with Crippen molar-refractivity contribution in [1.82, 2.24) is 31.3 Å². The molecule has 0 radical (unpaired) electrons. The Labute approximate surface area is 118 Å². The molecule has 1 unspecified atom stereocenters. The Hall–Kier alpha value is -1.21. The molecule has 108 valence electrons. The van der Waals surface area contributed by atoms with Gasteiger partial charge in [-0.25, -0.2) is 0 Å². The summed E-state index contributed by atoms with van der Waals surface area (Å²) < 4.78 is 0. The highest BCUT2D eigenvalue weighted by molar-refractivity contribution is 5.85. The van der Waals surface area contributed by atoms with Gasteiger partial charge in [0.1, 0.15) is 0 Å². The molecule has 19 heavy (non-hydrogen) atoms. The number of amides is 1. The molecular weight excluding hydrogens is 268 g/mol. The van der Waals surface area contributed by atoms with Crippen molar-refractivity contribution in [2.24, 2.45) is 5.92 Å². The third-order valence-electron chi connectivity index (χ3n) is 3.21. The smallest absolute Gasteiger partial charge is 0.223 e. The van der Waals surface area contributed by atoms with Crippen molar-refractivity contribution in [3.05, 3.63) is 5.82 Å². The summed E-state index contributed by atoms with van der Waals surface area (Å²) in [6.45, 7) is 2.65. The number of aromatic nitrogens is 4. The van der Waals surface area contributed by atoms with Crippen LogP contribution in [0.25, 0.3) is 0 Å². The first-order valence-corrected chi connectivity index (χ1v) is 6.57. The molecule has 1 saturated heterocycles. The van der Waals surface area contributed by atoms with E-state index in [0.717, 1.165) is 45.2 Å². The largest absolute Gasteiger partial charge is 0.356 e. The summed E-state index contributed by atoms with van der Waals surface area (Å²) in [6.07, 6.45) is 4.60. The summed E-state index contributed by atoms with van der Waals surface area (Å²) in [5.41, 5.74) is 0. The summed E-state index contributed by atoms with van der Waals surface area (Å²) in [5.74, 6) is 1.06. The zero-order valence-corrected chi connectivity index (χ0v) is 11.7.